The molecule has 0 aliphatic carbocycles. The minimum absolute atomic E-state index is 0.0531. The molecular formula is C19H22N2O3. The van der Waals surface area contributed by atoms with Gasteiger partial charge in [0.15, 0.2) is 5.76 Å². The summed E-state index contributed by atoms with van der Waals surface area (Å²) in [5.74, 6) is 1.07. The molecule has 1 saturated heterocycles. The highest BCUT2D eigenvalue weighted by Crippen LogP contribution is 2.23. The van der Waals surface area contributed by atoms with Crippen LogP contribution in [0.1, 0.15) is 41.2 Å². The van der Waals surface area contributed by atoms with Gasteiger partial charge >= 0.3 is 0 Å². The Kier molecular flexibility index (Phi) is 4.69. The van der Waals surface area contributed by atoms with E-state index < -0.39 is 0 Å². The minimum Gasteiger partial charge on any atom is -0.459 e. The van der Waals surface area contributed by atoms with Crippen LogP contribution in [0.2, 0.25) is 0 Å². The maximum Gasteiger partial charge on any atom is 0.291 e. The molecule has 0 radical (unpaired) electrons. The summed E-state index contributed by atoms with van der Waals surface area (Å²) in [5, 5.41) is 2.75. The molecule has 2 amide bonds. The van der Waals surface area contributed by atoms with Crippen molar-refractivity contribution in [3.05, 3.63) is 54.0 Å². The summed E-state index contributed by atoms with van der Waals surface area (Å²) in [6.07, 6.45) is 2.62. The van der Waals surface area contributed by atoms with Gasteiger partial charge in [-0.2, -0.15) is 0 Å². The molecule has 2 heterocycles. The van der Waals surface area contributed by atoms with Crippen LogP contribution in [0.15, 0.2) is 47.1 Å². The van der Waals surface area contributed by atoms with E-state index in [1.165, 1.54) is 12.7 Å². The first-order chi connectivity index (χ1) is 11.5. The third-order valence-corrected chi connectivity index (χ3v) is 4.29. The van der Waals surface area contributed by atoms with Gasteiger partial charge in [-0.25, -0.2) is 0 Å². The third-order valence-electron chi connectivity index (χ3n) is 4.29. The van der Waals surface area contributed by atoms with Gasteiger partial charge in [-0.3, -0.25) is 9.59 Å². The molecule has 1 aromatic heterocycles. The molecular weight excluding hydrogens is 304 g/mol. The lowest BCUT2D eigenvalue weighted by Gasteiger charge is -2.35. The molecule has 0 spiro atoms. The second-order valence-electron chi connectivity index (χ2n) is 6.66. The van der Waals surface area contributed by atoms with Crippen molar-refractivity contribution in [2.75, 3.05) is 18.4 Å². The molecule has 5 heteroatoms. The minimum atomic E-state index is -0.308. The maximum absolute atomic E-state index is 12.6. The number of piperidine rings is 1. The third kappa shape index (κ3) is 3.67. The summed E-state index contributed by atoms with van der Waals surface area (Å²) < 4.78 is 5.06. The first-order valence-corrected chi connectivity index (χ1v) is 8.27. The summed E-state index contributed by atoms with van der Waals surface area (Å²) in [5.41, 5.74) is 1.28. The zero-order chi connectivity index (χ0) is 17.1. The molecule has 24 heavy (non-hydrogen) atoms. The SMILES string of the molecule is CC1CC(C)CN(C(=O)c2ccc(NC(=O)c3ccco3)cc2)C1. The van der Waals surface area contributed by atoms with Crippen LogP contribution in [0.5, 0.6) is 0 Å². The van der Waals surface area contributed by atoms with Crippen molar-refractivity contribution in [1.29, 1.82) is 0 Å². The molecule has 0 bridgehead atoms. The van der Waals surface area contributed by atoms with Crippen LogP contribution >= 0.6 is 0 Å². The molecule has 1 fully saturated rings. The van der Waals surface area contributed by atoms with Gasteiger partial charge in [-0.15, -0.1) is 0 Å². The Balaban J connectivity index is 1.65. The van der Waals surface area contributed by atoms with Crippen molar-refractivity contribution in [3.63, 3.8) is 0 Å². The molecule has 1 aliphatic heterocycles. The van der Waals surface area contributed by atoms with Gasteiger partial charge in [0, 0.05) is 24.3 Å². The van der Waals surface area contributed by atoms with Gasteiger partial charge in [-0.1, -0.05) is 13.8 Å². The van der Waals surface area contributed by atoms with Crippen molar-refractivity contribution in [1.82, 2.24) is 4.90 Å². The van der Waals surface area contributed by atoms with Gasteiger partial charge in [-0.05, 0) is 54.7 Å². The number of amides is 2. The van der Waals surface area contributed by atoms with E-state index in [0.717, 1.165) is 13.1 Å². The second-order valence-corrected chi connectivity index (χ2v) is 6.66. The van der Waals surface area contributed by atoms with Crippen LogP contribution in [0.25, 0.3) is 0 Å². The fraction of sp³-hybridized carbons (Fsp3) is 0.368. The van der Waals surface area contributed by atoms with Crippen LogP contribution in [-0.4, -0.2) is 29.8 Å². The molecule has 1 aromatic carbocycles. The number of carbonyl (C=O) groups is 2. The molecule has 2 aromatic rings. The predicted molar refractivity (Wildman–Crippen MR) is 92.0 cm³/mol. The Hall–Kier alpha value is -2.56. The van der Waals surface area contributed by atoms with E-state index in [0.29, 0.717) is 23.1 Å². The Morgan fingerprint density at radius 1 is 1.08 bits per heavy atom. The van der Waals surface area contributed by atoms with Crippen molar-refractivity contribution in [2.45, 2.75) is 20.3 Å². The van der Waals surface area contributed by atoms with Gasteiger partial charge in [0.1, 0.15) is 0 Å². The highest BCUT2D eigenvalue weighted by atomic mass is 16.3. The lowest BCUT2D eigenvalue weighted by Crippen LogP contribution is -2.42. The van der Waals surface area contributed by atoms with Crippen LogP contribution in [-0.2, 0) is 0 Å². The van der Waals surface area contributed by atoms with E-state index in [9.17, 15) is 9.59 Å². The average Bonchev–Trinajstić information content (AvgIpc) is 3.08. The summed E-state index contributed by atoms with van der Waals surface area (Å²) in [6.45, 7) is 5.98. The molecule has 5 nitrogen and oxygen atoms in total. The first kappa shape index (κ1) is 16.3. The predicted octanol–water partition coefficient (Wildman–Crippen LogP) is 3.65. The van der Waals surface area contributed by atoms with Crippen molar-refractivity contribution < 1.29 is 14.0 Å². The number of nitrogens with one attached hydrogen (secondary N) is 1. The number of benzene rings is 1. The van der Waals surface area contributed by atoms with Gasteiger partial charge in [0.25, 0.3) is 11.8 Å². The van der Waals surface area contributed by atoms with Gasteiger partial charge in [0.2, 0.25) is 0 Å². The first-order valence-electron chi connectivity index (χ1n) is 8.27. The van der Waals surface area contributed by atoms with E-state index in [-0.39, 0.29) is 17.6 Å². The number of likely N-dealkylation sites (tertiary alicyclic amines) is 1. The zero-order valence-corrected chi connectivity index (χ0v) is 14.0. The lowest BCUT2D eigenvalue weighted by atomic mass is 9.91. The molecule has 126 valence electrons. The summed E-state index contributed by atoms with van der Waals surface area (Å²) in [6, 6.07) is 10.3. The number of furan rings is 1. The molecule has 3 rings (SSSR count). The number of anilines is 1. The Bertz CT molecular complexity index is 697. The largest absolute Gasteiger partial charge is 0.459 e. The van der Waals surface area contributed by atoms with Gasteiger partial charge < -0.3 is 14.6 Å². The summed E-state index contributed by atoms with van der Waals surface area (Å²) in [7, 11) is 0. The van der Waals surface area contributed by atoms with Crippen LogP contribution in [0.4, 0.5) is 5.69 Å². The van der Waals surface area contributed by atoms with Crippen LogP contribution < -0.4 is 5.32 Å². The number of nitrogens with zero attached hydrogens (tertiary/aromatic N) is 1. The summed E-state index contributed by atoms with van der Waals surface area (Å²) in [4.78, 5) is 26.5. The molecule has 1 N–H and O–H groups in total. The topological polar surface area (TPSA) is 62.6 Å². The number of hydrogen-bond acceptors (Lipinski definition) is 3. The van der Waals surface area contributed by atoms with E-state index in [2.05, 4.69) is 19.2 Å². The molecule has 0 saturated carbocycles. The van der Waals surface area contributed by atoms with Crippen LogP contribution in [0.3, 0.4) is 0 Å². The normalized spacial score (nSPS) is 20.7. The highest BCUT2D eigenvalue weighted by Gasteiger charge is 2.26. The highest BCUT2D eigenvalue weighted by molar-refractivity contribution is 6.02. The van der Waals surface area contributed by atoms with E-state index in [1.807, 2.05) is 4.90 Å². The standard InChI is InChI=1S/C19H22N2O3/c1-13-10-14(2)12-21(11-13)19(23)15-5-7-16(8-6-15)20-18(22)17-4-3-9-24-17/h3-9,13-14H,10-12H2,1-2H3,(H,20,22). The van der Waals surface area contributed by atoms with Crippen molar-refractivity contribution in [3.8, 4) is 0 Å². The van der Waals surface area contributed by atoms with E-state index in [4.69, 9.17) is 4.42 Å². The average molecular weight is 326 g/mol. The Morgan fingerprint density at radius 3 is 2.33 bits per heavy atom. The number of carbonyl (C=O) groups excluding carboxylic acids is 2. The molecule has 1 aliphatic rings. The summed E-state index contributed by atoms with van der Waals surface area (Å²) >= 11 is 0. The molecule has 2 atom stereocenters. The quantitative estimate of drug-likeness (QED) is 0.936. The Morgan fingerprint density at radius 2 is 1.75 bits per heavy atom. The fourth-order valence-electron chi connectivity index (χ4n) is 3.31. The second kappa shape index (κ2) is 6.91. The fourth-order valence-corrected chi connectivity index (χ4v) is 3.31. The molecule has 2 unspecified atom stereocenters. The van der Waals surface area contributed by atoms with E-state index >= 15 is 0 Å². The van der Waals surface area contributed by atoms with E-state index in [1.54, 1.807) is 36.4 Å². The zero-order valence-electron chi connectivity index (χ0n) is 14.0. The van der Waals surface area contributed by atoms with Crippen LogP contribution in [0, 0.1) is 11.8 Å². The van der Waals surface area contributed by atoms with Crippen molar-refractivity contribution >= 4 is 17.5 Å². The van der Waals surface area contributed by atoms with Gasteiger partial charge in [0.05, 0.1) is 6.26 Å². The van der Waals surface area contributed by atoms with Crippen molar-refractivity contribution in [2.24, 2.45) is 11.8 Å². The number of rotatable bonds is 3. The number of hydrogen-bond donors (Lipinski definition) is 1. The Labute approximate surface area is 141 Å². The monoisotopic (exact) mass is 326 g/mol. The smallest absolute Gasteiger partial charge is 0.291 e. The maximum atomic E-state index is 12.6. The lowest BCUT2D eigenvalue weighted by molar-refractivity contribution is 0.0623.